The molecule has 3 aromatic rings. The first-order valence-corrected chi connectivity index (χ1v) is 15.2. The molecule has 1 saturated heterocycles. The summed E-state index contributed by atoms with van der Waals surface area (Å²) in [7, 11) is -3.61. The van der Waals surface area contributed by atoms with Crippen molar-refractivity contribution >= 4 is 38.8 Å². The molecule has 0 N–H and O–H groups in total. The molecule has 3 heterocycles. The summed E-state index contributed by atoms with van der Waals surface area (Å²) in [6.45, 7) is 8.07. The average molecular weight is 599 g/mol. The van der Waals surface area contributed by atoms with E-state index < -0.39 is 33.2 Å². The Morgan fingerprint density at radius 2 is 1.95 bits per heavy atom. The van der Waals surface area contributed by atoms with Crippen LogP contribution in [0.15, 0.2) is 29.3 Å². The summed E-state index contributed by atoms with van der Waals surface area (Å²) in [5, 5.41) is 9.29. The Bertz CT molecular complexity index is 1510. The van der Waals surface area contributed by atoms with Crippen molar-refractivity contribution in [1.82, 2.24) is 20.2 Å². The fourth-order valence-corrected chi connectivity index (χ4v) is 6.24. The van der Waals surface area contributed by atoms with Crippen LogP contribution in [0, 0.1) is 12.8 Å². The lowest BCUT2D eigenvalue weighted by Gasteiger charge is -2.44. The van der Waals surface area contributed by atoms with Crippen LogP contribution in [0.5, 0.6) is 0 Å². The van der Waals surface area contributed by atoms with Gasteiger partial charge in [0.25, 0.3) is 0 Å². The zero-order chi connectivity index (χ0) is 29.4. The molecule has 0 unspecified atom stereocenters. The second kappa shape index (κ2) is 11.3. The van der Waals surface area contributed by atoms with Crippen molar-refractivity contribution in [3.63, 3.8) is 0 Å². The van der Waals surface area contributed by atoms with Gasteiger partial charge in [0.2, 0.25) is 5.95 Å². The smallest absolute Gasteiger partial charge is 0.434 e. The van der Waals surface area contributed by atoms with Gasteiger partial charge in [0.15, 0.2) is 15.5 Å². The summed E-state index contributed by atoms with van der Waals surface area (Å²) in [6, 6.07) is 4.80. The summed E-state index contributed by atoms with van der Waals surface area (Å²) in [5.41, 5.74) is -0.964. The quantitative estimate of drug-likeness (QED) is 0.365. The SMILES string of the molecule is CCOC(=O)c1cnc(N2CCN(c3ccc(-c4nnc(C)s4)c(S(C)(=O)=O)c3)C[C@H]2C(C)C)nc1C(F)(F)F. The van der Waals surface area contributed by atoms with Gasteiger partial charge < -0.3 is 14.5 Å². The van der Waals surface area contributed by atoms with Crippen LogP contribution in [0.4, 0.5) is 24.8 Å². The number of sulfone groups is 1. The van der Waals surface area contributed by atoms with E-state index >= 15 is 0 Å². The van der Waals surface area contributed by atoms with E-state index in [1.807, 2.05) is 18.7 Å². The number of anilines is 2. The number of rotatable bonds is 7. The minimum atomic E-state index is -4.88. The van der Waals surface area contributed by atoms with Gasteiger partial charge in [-0.1, -0.05) is 25.2 Å². The highest BCUT2D eigenvalue weighted by molar-refractivity contribution is 7.90. The van der Waals surface area contributed by atoms with Crippen LogP contribution in [0.25, 0.3) is 10.6 Å². The van der Waals surface area contributed by atoms with Crippen molar-refractivity contribution in [1.29, 1.82) is 0 Å². The Balaban J connectivity index is 1.67. The van der Waals surface area contributed by atoms with Crippen LogP contribution >= 0.6 is 11.3 Å². The largest absolute Gasteiger partial charge is 0.462 e. The van der Waals surface area contributed by atoms with Crippen LogP contribution in [0.2, 0.25) is 0 Å². The maximum atomic E-state index is 13.8. The highest BCUT2D eigenvalue weighted by Crippen LogP contribution is 2.36. The standard InChI is InChI=1S/C25H29F3N6O4S2/c1-6-38-23(35)18-12-29-24(30-21(18)25(26,27)28)34-10-9-33(13-19(34)14(2)3)16-7-8-17(20(11-16)40(5,36)37)22-32-31-15(4)39-22/h7-8,11-12,14,19H,6,9-10,13H2,1-5H3/t19-/m0/s1. The van der Waals surface area contributed by atoms with E-state index in [4.69, 9.17) is 4.74 Å². The number of alkyl halides is 3. The van der Waals surface area contributed by atoms with E-state index in [0.29, 0.717) is 34.4 Å². The summed E-state index contributed by atoms with van der Waals surface area (Å²) in [5.74, 6) is -1.30. The number of aryl methyl sites for hydroxylation is 1. The van der Waals surface area contributed by atoms with E-state index in [1.165, 1.54) is 18.3 Å². The Labute approximate surface area is 234 Å². The number of halogens is 3. The Morgan fingerprint density at radius 3 is 2.52 bits per heavy atom. The number of esters is 1. The van der Waals surface area contributed by atoms with Gasteiger partial charge in [-0.2, -0.15) is 13.2 Å². The molecule has 0 amide bonds. The molecule has 0 aliphatic carbocycles. The number of hydrogen-bond acceptors (Lipinski definition) is 11. The molecule has 0 radical (unpaired) electrons. The van der Waals surface area contributed by atoms with Crippen LogP contribution in [0.3, 0.4) is 0 Å². The molecule has 1 aromatic carbocycles. The number of benzene rings is 1. The number of carbonyl (C=O) groups excluding carboxylic acids is 1. The third kappa shape index (κ3) is 6.19. The summed E-state index contributed by atoms with van der Waals surface area (Å²) in [6.07, 6.45) is -2.89. The molecule has 1 atom stereocenters. The first kappa shape index (κ1) is 29.6. The van der Waals surface area contributed by atoms with Gasteiger partial charge in [-0.15, -0.1) is 10.2 Å². The van der Waals surface area contributed by atoms with E-state index in [2.05, 4.69) is 20.2 Å². The second-order valence-electron chi connectivity index (χ2n) is 9.68. The van der Waals surface area contributed by atoms with Gasteiger partial charge in [-0.25, -0.2) is 23.2 Å². The minimum absolute atomic E-state index is 0.0245. The van der Waals surface area contributed by atoms with Gasteiger partial charge in [0, 0.05) is 43.3 Å². The highest BCUT2D eigenvalue weighted by atomic mass is 32.2. The van der Waals surface area contributed by atoms with E-state index in [9.17, 15) is 26.4 Å². The number of piperazine rings is 1. The Kier molecular flexibility index (Phi) is 8.36. The summed E-state index contributed by atoms with van der Waals surface area (Å²) in [4.78, 5) is 23.8. The van der Waals surface area contributed by atoms with E-state index in [1.54, 1.807) is 30.0 Å². The lowest BCUT2D eigenvalue weighted by molar-refractivity contribution is -0.141. The monoisotopic (exact) mass is 598 g/mol. The van der Waals surface area contributed by atoms with Crippen molar-refractivity contribution in [2.45, 2.75) is 44.8 Å². The molecular weight excluding hydrogens is 569 g/mol. The number of nitrogens with zero attached hydrogens (tertiary/aromatic N) is 6. The van der Waals surface area contributed by atoms with E-state index in [-0.39, 0.29) is 36.0 Å². The van der Waals surface area contributed by atoms with Crippen molar-refractivity contribution in [3.05, 3.63) is 40.7 Å². The minimum Gasteiger partial charge on any atom is -0.462 e. The van der Waals surface area contributed by atoms with Gasteiger partial charge in [-0.05, 0) is 38.0 Å². The third-order valence-electron chi connectivity index (χ3n) is 6.47. The van der Waals surface area contributed by atoms with Crippen LogP contribution in [-0.4, -0.2) is 73.1 Å². The lowest BCUT2D eigenvalue weighted by atomic mass is 9.99. The fraction of sp³-hybridized carbons (Fsp3) is 0.480. The zero-order valence-corrected chi connectivity index (χ0v) is 24.2. The Morgan fingerprint density at radius 1 is 1.23 bits per heavy atom. The number of hydrogen-bond donors (Lipinski definition) is 0. The molecule has 10 nitrogen and oxygen atoms in total. The van der Waals surface area contributed by atoms with Crippen molar-refractivity contribution in [2.24, 2.45) is 5.92 Å². The van der Waals surface area contributed by atoms with Crippen molar-refractivity contribution < 1.29 is 31.1 Å². The zero-order valence-electron chi connectivity index (χ0n) is 22.6. The maximum Gasteiger partial charge on any atom is 0.434 e. The molecule has 0 bridgehead atoms. The molecule has 216 valence electrons. The number of aromatic nitrogens is 4. The molecule has 40 heavy (non-hydrogen) atoms. The van der Waals surface area contributed by atoms with Crippen molar-refractivity contribution in [2.75, 3.05) is 42.3 Å². The average Bonchev–Trinajstić information content (AvgIpc) is 3.32. The molecule has 1 fully saturated rings. The highest BCUT2D eigenvalue weighted by Gasteiger charge is 2.40. The first-order valence-electron chi connectivity index (χ1n) is 12.5. The van der Waals surface area contributed by atoms with Gasteiger partial charge in [-0.3, -0.25) is 0 Å². The third-order valence-corrected chi connectivity index (χ3v) is 8.48. The normalized spacial score (nSPS) is 16.5. The summed E-state index contributed by atoms with van der Waals surface area (Å²) >= 11 is 1.29. The molecule has 1 aliphatic rings. The Hall–Kier alpha value is -3.33. The molecule has 1 aliphatic heterocycles. The molecule has 0 saturated carbocycles. The fourth-order valence-electron chi connectivity index (χ4n) is 4.55. The molecular formula is C25H29F3N6O4S2. The second-order valence-corrected chi connectivity index (χ2v) is 12.8. The maximum absolute atomic E-state index is 13.8. The topological polar surface area (TPSA) is 118 Å². The number of ether oxygens (including phenoxy) is 1. The van der Waals surface area contributed by atoms with Crippen LogP contribution in [0.1, 0.15) is 41.8 Å². The van der Waals surface area contributed by atoms with Crippen molar-refractivity contribution in [3.8, 4) is 10.6 Å². The molecule has 15 heteroatoms. The lowest BCUT2D eigenvalue weighted by Crippen LogP contribution is -2.56. The van der Waals surface area contributed by atoms with E-state index in [0.717, 1.165) is 12.5 Å². The van der Waals surface area contributed by atoms with Gasteiger partial charge >= 0.3 is 12.1 Å². The van der Waals surface area contributed by atoms with Crippen LogP contribution in [-0.2, 0) is 20.8 Å². The van der Waals surface area contributed by atoms with Gasteiger partial charge in [0.05, 0.1) is 17.5 Å². The molecule has 4 rings (SSSR count). The predicted molar refractivity (Wildman–Crippen MR) is 144 cm³/mol. The summed E-state index contributed by atoms with van der Waals surface area (Å²) < 4.78 is 71.7. The predicted octanol–water partition coefficient (Wildman–Crippen LogP) is 4.25. The number of carbonyl (C=O) groups is 1. The molecule has 2 aromatic heterocycles. The first-order chi connectivity index (χ1) is 18.7. The van der Waals surface area contributed by atoms with Crippen LogP contribution < -0.4 is 9.80 Å². The van der Waals surface area contributed by atoms with Gasteiger partial charge in [0.1, 0.15) is 15.6 Å². The molecule has 0 spiro atoms.